The van der Waals surface area contributed by atoms with E-state index in [0.717, 1.165) is 5.56 Å². The summed E-state index contributed by atoms with van der Waals surface area (Å²) in [7, 11) is 2.67. The number of nitrogens with zero attached hydrogens (tertiary/aromatic N) is 1. The third kappa shape index (κ3) is 9.42. The van der Waals surface area contributed by atoms with Crippen molar-refractivity contribution in [2.75, 3.05) is 40.8 Å². The number of methoxy groups -OCH3 is 2. The lowest BCUT2D eigenvalue weighted by Gasteiger charge is -2.30. The number of esters is 3. The summed E-state index contributed by atoms with van der Waals surface area (Å²) in [6.45, 7) is 2.46. The highest BCUT2D eigenvalue weighted by atomic mass is 16.7. The van der Waals surface area contributed by atoms with Crippen molar-refractivity contribution < 1.29 is 52.3 Å². The quantitative estimate of drug-likeness (QED) is 0.218. The molecule has 13 nitrogen and oxygen atoms in total. The molecule has 1 N–H and O–H groups in total. The molecule has 4 atom stereocenters. The van der Waals surface area contributed by atoms with Crippen molar-refractivity contribution in [2.24, 2.45) is 5.92 Å². The van der Waals surface area contributed by atoms with Crippen molar-refractivity contribution in [3.8, 4) is 11.5 Å². The number of hydrogen-bond acceptors (Lipinski definition) is 12. The minimum Gasteiger partial charge on any atom is -0.493 e. The van der Waals surface area contributed by atoms with Gasteiger partial charge in [-0.2, -0.15) is 0 Å². The molecule has 0 radical (unpaired) electrons. The fourth-order valence-corrected chi connectivity index (χ4v) is 4.35. The van der Waals surface area contributed by atoms with E-state index >= 15 is 0 Å². The topological polar surface area (TPSA) is 158 Å². The minimum absolute atomic E-state index is 0.0284. The van der Waals surface area contributed by atoms with Crippen LogP contribution in [-0.4, -0.2) is 87.9 Å². The first-order valence-corrected chi connectivity index (χ1v) is 13.3. The van der Waals surface area contributed by atoms with E-state index < -0.39 is 48.9 Å². The monoisotopic (exact) mass is 588 g/mol. The number of hydrogen-bond donors (Lipinski definition) is 1. The van der Waals surface area contributed by atoms with Crippen LogP contribution in [0.5, 0.6) is 11.5 Å². The zero-order valence-corrected chi connectivity index (χ0v) is 24.0. The number of cyclic esters (lactones) is 1. The Morgan fingerprint density at radius 1 is 1.10 bits per heavy atom. The zero-order chi connectivity index (χ0) is 30.5. The normalized spacial score (nSPS) is 20.6. The molecule has 42 heavy (non-hydrogen) atoms. The Balaban J connectivity index is 1.78. The minimum atomic E-state index is -1.19. The largest absolute Gasteiger partial charge is 0.493 e. The van der Waals surface area contributed by atoms with E-state index in [1.54, 1.807) is 6.92 Å². The molecule has 0 bridgehead atoms. The van der Waals surface area contributed by atoms with Gasteiger partial charge in [-0.05, 0) is 18.9 Å². The number of aromatic nitrogens is 1. The SMILES string of the molecule is COC(=O)CCOC1C(Cc2ccccc2)COCC(NC(=O)c2nccc(OC)c2OCOC(C)=O)C(=O)OC1C. The Morgan fingerprint density at radius 2 is 1.86 bits per heavy atom. The lowest BCUT2D eigenvalue weighted by molar-refractivity contribution is -0.161. The summed E-state index contributed by atoms with van der Waals surface area (Å²) in [5, 5.41) is 2.59. The molecule has 13 heteroatoms. The van der Waals surface area contributed by atoms with Crippen LogP contribution in [-0.2, 0) is 44.5 Å². The second-order valence-corrected chi connectivity index (χ2v) is 9.41. The molecule has 0 spiro atoms. The molecule has 2 aromatic rings. The van der Waals surface area contributed by atoms with Crippen molar-refractivity contribution in [3.63, 3.8) is 0 Å². The van der Waals surface area contributed by atoms with Gasteiger partial charge in [0.2, 0.25) is 6.79 Å². The highest BCUT2D eigenvalue weighted by Crippen LogP contribution is 2.30. The highest BCUT2D eigenvalue weighted by molar-refractivity contribution is 5.98. The average molecular weight is 589 g/mol. The van der Waals surface area contributed by atoms with Crippen LogP contribution in [0.1, 0.15) is 36.3 Å². The first kappa shape index (κ1) is 32.3. The van der Waals surface area contributed by atoms with Crippen LogP contribution in [0.3, 0.4) is 0 Å². The van der Waals surface area contributed by atoms with E-state index in [4.69, 9.17) is 33.2 Å². The Hall–Kier alpha value is -4.23. The summed E-state index contributed by atoms with van der Waals surface area (Å²) in [5.74, 6) is -2.68. The maximum absolute atomic E-state index is 13.3. The molecule has 1 aliphatic rings. The summed E-state index contributed by atoms with van der Waals surface area (Å²) in [4.78, 5) is 53.3. The molecule has 228 valence electrons. The molecule has 0 aliphatic carbocycles. The van der Waals surface area contributed by atoms with Gasteiger partial charge in [0, 0.05) is 25.1 Å². The van der Waals surface area contributed by atoms with E-state index in [-0.39, 0.29) is 49.4 Å². The number of carbonyl (C=O) groups excluding carboxylic acids is 4. The number of amides is 1. The van der Waals surface area contributed by atoms with Crippen LogP contribution >= 0.6 is 0 Å². The molecule has 1 amide bonds. The predicted octanol–water partition coefficient (Wildman–Crippen LogP) is 1.86. The van der Waals surface area contributed by atoms with Gasteiger partial charge in [-0.15, -0.1) is 0 Å². The van der Waals surface area contributed by atoms with Crippen molar-refractivity contribution in [1.29, 1.82) is 0 Å². The Labute approximate surface area is 243 Å². The van der Waals surface area contributed by atoms with Gasteiger partial charge in [-0.3, -0.25) is 14.4 Å². The van der Waals surface area contributed by atoms with Crippen LogP contribution in [0.4, 0.5) is 0 Å². The number of ether oxygens (including phenoxy) is 7. The van der Waals surface area contributed by atoms with Crippen molar-refractivity contribution in [2.45, 2.75) is 44.9 Å². The van der Waals surface area contributed by atoms with E-state index in [0.29, 0.717) is 6.42 Å². The summed E-state index contributed by atoms with van der Waals surface area (Å²) in [6, 6.07) is 9.97. The summed E-state index contributed by atoms with van der Waals surface area (Å²) >= 11 is 0. The van der Waals surface area contributed by atoms with Crippen LogP contribution in [0.2, 0.25) is 0 Å². The first-order valence-electron chi connectivity index (χ1n) is 13.3. The molecule has 0 saturated carbocycles. The van der Waals surface area contributed by atoms with E-state index in [9.17, 15) is 19.2 Å². The van der Waals surface area contributed by atoms with Gasteiger partial charge in [-0.25, -0.2) is 9.78 Å². The van der Waals surface area contributed by atoms with Crippen LogP contribution in [0.15, 0.2) is 42.6 Å². The van der Waals surface area contributed by atoms with Gasteiger partial charge in [0.1, 0.15) is 6.10 Å². The average Bonchev–Trinajstić information content (AvgIpc) is 3.02. The van der Waals surface area contributed by atoms with E-state index in [1.807, 2.05) is 30.3 Å². The number of rotatable bonds is 12. The smallest absolute Gasteiger partial charge is 0.331 e. The van der Waals surface area contributed by atoms with Crippen LogP contribution in [0.25, 0.3) is 0 Å². The third-order valence-electron chi connectivity index (χ3n) is 6.39. The Bertz CT molecular complexity index is 1210. The molecule has 1 aliphatic heterocycles. The number of pyridine rings is 1. The molecule has 3 rings (SSSR count). The lowest BCUT2D eigenvalue weighted by Crippen LogP contribution is -2.46. The van der Waals surface area contributed by atoms with Gasteiger partial charge >= 0.3 is 17.9 Å². The Morgan fingerprint density at radius 3 is 2.55 bits per heavy atom. The zero-order valence-electron chi connectivity index (χ0n) is 24.0. The molecule has 1 saturated heterocycles. The molecule has 1 aromatic carbocycles. The third-order valence-corrected chi connectivity index (χ3v) is 6.39. The second-order valence-electron chi connectivity index (χ2n) is 9.41. The molecule has 1 fully saturated rings. The van der Waals surface area contributed by atoms with Crippen LogP contribution < -0.4 is 14.8 Å². The van der Waals surface area contributed by atoms with E-state index in [2.05, 4.69) is 10.3 Å². The van der Waals surface area contributed by atoms with Crippen molar-refractivity contribution in [3.05, 3.63) is 53.9 Å². The molecule has 1 aromatic heterocycles. The number of nitrogens with one attached hydrogen (secondary N) is 1. The highest BCUT2D eigenvalue weighted by Gasteiger charge is 2.36. The molecule has 2 heterocycles. The van der Waals surface area contributed by atoms with Gasteiger partial charge in [0.05, 0.1) is 46.6 Å². The molecule has 4 unspecified atom stereocenters. The molecular weight excluding hydrogens is 552 g/mol. The van der Waals surface area contributed by atoms with Gasteiger partial charge in [0.25, 0.3) is 5.91 Å². The number of carbonyl (C=O) groups is 4. The van der Waals surface area contributed by atoms with Gasteiger partial charge < -0.3 is 38.5 Å². The summed E-state index contributed by atoms with van der Waals surface area (Å²) in [5.41, 5.74) is 0.828. The van der Waals surface area contributed by atoms with Gasteiger partial charge in [0.15, 0.2) is 23.2 Å². The van der Waals surface area contributed by atoms with E-state index in [1.165, 1.54) is 33.4 Å². The van der Waals surface area contributed by atoms with Gasteiger partial charge in [-0.1, -0.05) is 30.3 Å². The maximum atomic E-state index is 13.3. The van der Waals surface area contributed by atoms with Crippen molar-refractivity contribution >= 4 is 23.8 Å². The van der Waals surface area contributed by atoms with Crippen molar-refractivity contribution in [1.82, 2.24) is 10.3 Å². The molecular formula is C29H36N2O11. The predicted molar refractivity (Wildman–Crippen MR) is 146 cm³/mol. The summed E-state index contributed by atoms with van der Waals surface area (Å²) < 4.78 is 37.9. The first-order chi connectivity index (χ1) is 20.2. The number of benzene rings is 1. The fourth-order valence-electron chi connectivity index (χ4n) is 4.35. The second kappa shape index (κ2) is 16.3. The fraction of sp³-hybridized carbons (Fsp3) is 0.483. The lowest BCUT2D eigenvalue weighted by atomic mass is 9.91. The van der Waals surface area contributed by atoms with Crippen LogP contribution in [0, 0.1) is 5.92 Å². The maximum Gasteiger partial charge on any atom is 0.331 e. The standard InChI is InChI=1S/C29H36N2O11/c1-18-26(39-13-11-24(33)37-4)21(14-20-8-6-5-7-9-20)15-38-16-22(29(35)42-18)31-28(34)25-27(41-17-40-19(2)32)23(36-3)10-12-30-25/h5-10,12,18,21-22,26H,11,13-17H2,1-4H3,(H,31,34). The Kier molecular flexibility index (Phi) is 12.5. The summed E-state index contributed by atoms with van der Waals surface area (Å²) in [6.07, 6.45) is 0.550.